The average Bonchev–Trinajstić information content (AvgIpc) is 3.78. The van der Waals surface area contributed by atoms with Gasteiger partial charge in [-0.3, -0.25) is 5.32 Å². The van der Waals surface area contributed by atoms with Gasteiger partial charge >= 0.3 is 0 Å². The van der Waals surface area contributed by atoms with Crippen molar-refractivity contribution in [1.29, 1.82) is 0 Å². The molecule has 214 valence electrons. The molecule has 0 radical (unpaired) electrons. The molecule has 0 spiro atoms. The molecule has 0 saturated heterocycles. The normalized spacial score (nSPS) is 17.1. The topological polar surface area (TPSA) is 29.0 Å². The zero-order valence-corrected chi connectivity index (χ0v) is 25.8. The van der Waals surface area contributed by atoms with Crippen LogP contribution in [-0.2, 0) is 0 Å². The van der Waals surface area contributed by atoms with Crippen LogP contribution in [-0.4, -0.2) is 4.57 Å². The van der Waals surface area contributed by atoms with Gasteiger partial charge in [-0.15, -0.1) is 22.7 Å². The van der Waals surface area contributed by atoms with Gasteiger partial charge in [-0.2, -0.15) is 0 Å². The first-order valence-electron chi connectivity index (χ1n) is 15.3. The fraction of sp³-hybridized carbons (Fsp3) is 0.0500. The van der Waals surface area contributed by atoms with Crippen LogP contribution in [0.1, 0.15) is 23.5 Å². The molecular formula is C40H27N3S2. The number of hydrogen-bond acceptors (Lipinski definition) is 4. The largest absolute Gasteiger partial charge is 0.352 e. The van der Waals surface area contributed by atoms with Gasteiger partial charge in [0, 0.05) is 56.8 Å². The minimum Gasteiger partial charge on any atom is -0.352 e. The first-order chi connectivity index (χ1) is 22.3. The number of para-hydroxylation sites is 1. The SMILES string of the molecule is C1=C(c2ccccc2)NC(n2c3ccccc3c3c4sc5ccccc5c4ccc32)NC1c1cccc2c1sc1ccccc12. The molecule has 0 fully saturated rings. The molecule has 0 aliphatic carbocycles. The maximum absolute atomic E-state index is 4.05. The molecule has 2 N–H and O–H groups in total. The molecule has 10 rings (SSSR count). The molecule has 5 heteroatoms. The van der Waals surface area contributed by atoms with Crippen molar-refractivity contribution >= 4 is 90.5 Å². The molecule has 3 aromatic heterocycles. The number of hydrogen-bond donors (Lipinski definition) is 2. The van der Waals surface area contributed by atoms with Gasteiger partial charge in [0.25, 0.3) is 0 Å². The molecule has 1 aliphatic heterocycles. The quantitative estimate of drug-likeness (QED) is 0.208. The van der Waals surface area contributed by atoms with Gasteiger partial charge in [-0.25, -0.2) is 0 Å². The van der Waals surface area contributed by atoms with Crippen LogP contribution in [0, 0.1) is 0 Å². The van der Waals surface area contributed by atoms with Gasteiger partial charge in [0.1, 0.15) is 0 Å². The second kappa shape index (κ2) is 9.78. The Morgan fingerprint density at radius 1 is 0.511 bits per heavy atom. The summed E-state index contributed by atoms with van der Waals surface area (Å²) in [5.74, 6) is 0. The van der Waals surface area contributed by atoms with E-state index in [0.717, 1.165) is 5.70 Å². The summed E-state index contributed by atoms with van der Waals surface area (Å²) in [4.78, 5) is 0. The first-order valence-corrected chi connectivity index (χ1v) is 17.0. The van der Waals surface area contributed by atoms with Crippen molar-refractivity contribution in [2.75, 3.05) is 0 Å². The highest BCUT2D eigenvalue weighted by molar-refractivity contribution is 7.27. The van der Waals surface area contributed by atoms with E-state index in [1.807, 2.05) is 22.7 Å². The summed E-state index contributed by atoms with van der Waals surface area (Å²) >= 11 is 3.79. The molecule has 0 amide bonds. The van der Waals surface area contributed by atoms with Gasteiger partial charge in [-0.1, -0.05) is 109 Å². The lowest BCUT2D eigenvalue weighted by molar-refractivity contribution is 0.351. The molecule has 9 aromatic rings. The lowest BCUT2D eigenvalue weighted by atomic mass is 9.99. The second-order valence-corrected chi connectivity index (χ2v) is 13.9. The predicted octanol–water partition coefficient (Wildman–Crippen LogP) is 11.0. The van der Waals surface area contributed by atoms with Gasteiger partial charge in [-0.05, 0) is 41.5 Å². The third-order valence-electron chi connectivity index (χ3n) is 9.29. The number of fused-ring (bicyclic) bond motifs is 10. The smallest absolute Gasteiger partial charge is 0.160 e. The highest BCUT2D eigenvalue weighted by Gasteiger charge is 2.29. The fourth-order valence-corrected chi connectivity index (χ4v) is 9.81. The summed E-state index contributed by atoms with van der Waals surface area (Å²) in [7, 11) is 0. The third-order valence-corrected chi connectivity index (χ3v) is 11.7. The van der Waals surface area contributed by atoms with Crippen LogP contribution < -0.4 is 10.6 Å². The summed E-state index contributed by atoms with van der Waals surface area (Å²) in [6.45, 7) is 0. The van der Waals surface area contributed by atoms with Crippen molar-refractivity contribution < 1.29 is 0 Å². The Labute approximate surface area is 267 Å². The van der Waals surface area contributed by atoms with Crippen LogP contribution in [0.25, 0.3) is 67.8 Å². The Kier molecular flexibility index (Phi) is 5.52. The molecule has 2 unspecified atom stereocenters. The maximum Gasteiger partial charge on any atom is 0.160 e. The van der Waals surface area contributed by atoms with Gasteiger partial charge in [0.05, 0.1) is 17.1 Å². The summed E-state index contributed by atoms with van der Waals surface area (Å²) < 4.78 is 7.83. The minimum absolute atomic E-state index is 0.00693. The van der Waals surface area contributed by atoms with Gasteiger partial charge in [0.2, 0.25) is 0 Å². The average molecular weight is 614 g/mol. The highest BCUT2D eigenvalue weighted by atomic mass is 32.1. The molecule has 3 nitrogen and oxygen atoms in total. The van der Waals surface area contributed by atoms with E-state index >= 15 is 0 Å². The zero-order chi connectivity index (χ0) is 29.5. The predicted molar refractivity (Wildman–Crippen MR) is 194 cm³/mol. The Bertz CT molecular complexity index is 2620. The van der Waals surface area contributed by atoms with E-state index in [9.17, 15) is 0 Å². The van der Waals surface area contributed by atoms with Crippen LogP contribution in [0.5, 0.6) is 0 Å². The van der Waals surface area contributed by atoms with Crippen molar-refractivity contribution in [3.8, 4) is 0 Å². The van der Waals surface area contributed by atoms with Crippen LogP contribution >= 0.6 is 22.7 Å². The third kappa shape index (κ3) is 3.78. The fourth-order valence-electron chi connectivity index (χ4n) is 7.29. The van der Waals surface area contributed by atoms with Crippen molar-refractivity contribution in [1.82, 2.24) is 15.2 Å². The lowest BCUT2D eigenvalue weighted by Crippen LogP contribution is -2.43. The van der Waals surface area contributed by atoms with Crippen LogP contribution in [0.15, 0.2) is 140 Å². The number of nitrogens with one attached hydrogen (secondary N) is 2. The molecule has 2 atom stereocenters. The van der Waals surface area contributed by atoms with E-state index in [4.69, 9.17) is 0 Å². The lowest BCUT2D eigenvalue weighted by Gasteiger charge is -2.34. The van der Waals surface area contributed by atoms with Gasteiger partial charge < -0.3 is 9.88 Å². The highest BCUT2D eigenvalue weighted by Crippen LogP contribution is 2.44. The Balaban J connectivity index is 1.21. The van der Waals surface area contributed by atoms with Gasteiger partial charge in [0.15, 0.2) is 6.29 Å². The molecule has 6 aromatic carbocycles. The van der Waals surface area contributed by atoms with Crippen molar-refractivity contribution in [3.05, 3.63) is 151 Å². The first kappa shape index (κ1) is 25.4. The van der Waals surface area contributed by atoms with Crippen LogP contribution in [0.3, 0.4) is 0 Å². The van der Waals surface area contributed by atoms with E-state index in [1.165, 1.54) is 73.3 Å². The zero-order valence-electron chi connectivity index (χ0n) is 24.2. The number of aromatic nitrogens is 1. The maximum atomic E-state index is 4.05. The Morgan fingerprint density at radius 2 is 1.16 bits per heavy atom. The van der Waals surface area contributed by atoms with Crippen LogP contribution in [0.2, 0.25) is 0 Å². The number of nitrogens with zero attached hydrogens (tertiary/aromatic N) is 1. The summed E-state index contributed by atoms with van der Waals surface area (Å²) in [6.07, 6.45) is 2.19. The summed E-state index contributed by atoms with van der Waals surface area (Å²) in [5.41, 5.74) is 6.08. The Morgan fingerprint density at radius 3 is 1.96 bits per heavy atom. The van der Waals surface area contributed by atoms with Crippen LogP contribution in [0.4, 0.5) is 0 Å². The monoisotopic (exact) mass is 613 g/mol. The van der Waals surface area contributed by atoms with E-state index in [-0.39, 0.29) is 12.3 Å². The molecule has 1 aliphatic rings. The van der Waals surface area contributed by atoms with E-state index in [1.54, 1.807) is 0 Å². The van der Waals surface area contributed by atoms with E-state index in [2.05, 4.69) is 155 Å². The van der Waals surface area contributed by atoms with E-state index < -0.39 is 0 Å². The Hall–Kier alpha value is -4.94. The molecule has 4 heterocycles. The second-order valence-electron chi connectivity index (χ2n) is 11.8. The molecule has 45 heavy (non-hydrogen) atoms. The molecular weight excluding hydrogens is 587 g/mol. The number of thiophene rings is 2. The van der Waals surface area contributed by atoms with Crippen molar-refractivity contribution in [3.63, 3.8) is 0 Å². The minimum atomic E-state index is -0.172. The standard InChI is InChI=1S/C40H27N3S2/c1-2-11-24(12-3-1)31-23-32(29-17-10-16-27-25-13-5-8-19-35(25)44-38(27)29)42-40(41-31)43-33-18-7-4-15-30(33)37-34(43)22-21-28-26-14-6-9-20-36(26)45-39(28)37/h1-23,32,40-42H. The number of rotatable bonds is 3. The van der Waals surface area contributed by atoms with E-state index in [0.29, 0.717) is 0 Å². The number of benzene rings is 6. The van der Waals surface area contributed by atoms with Crippen molar-refractivity contribution in [2.45, 2.75) is 12.3 Å². The summed E-state index contributed by atoms with van der Waals surface area (Å²) in [5, 5.41) is 15.9. The summed E-state index contributed by atoms with van der Waals surface area (Å²) in [6, 6.07) is 48.6. The molecule has 0 saturated carbocycles. The molecule has 0 bridgehead atoms. The van der Waals surface area contributed by atoms with Crippen molar-refractivity contribution in [2.24, 2.45) is 0 Å².